The SMILES string of the molecule is Cc1cccc(COc2ccc(Oc3c(C)cc(/C=C/C(=O)N4CCN(Cc5ccc(CCOc6ccc(C(C)C)cc6)cc5)CC4)cc3Cl)nc2)c1.Cl. The lowest BCUT2D eigenvalue weighted by Crippen LogP contribution is -2.47. The normalized spacial score (nSPS) is 13.2. The number of rotatable bonds is 14. The van der Waals surface area contributed by atoms with Gasteiger partial charge < -0.3 is 19.1 Å². The van der Waals surface area contributed by atoms with Crippen molar-refractivity contribution < 1.29 is 19.0 Å². The number of benzene rings is 4. The lowest BCUT2D eigenvalue weighted by atomic mass is 10.0. The highest BCUT2D eigenvalue weighted by molar-refractivity contribution is 6.32. The van der Waals surface area contributed by atoms with E-state index in [1.54, 1.807) is 24.4 Å². The molecule has 1 aromatic heterocycles. The molecule has 1 aliphatic heterocycles. The van der Waals surface area contributed by atoms with Gasteiger partial charge in [-0.05, 0) is 89.6 Å². The Morgan fingerprint density at radius 3 is 2.22 bits per heavy atom. The summed E-state index contributed by atoms with van der Waals surface area (Å²) in [4.78, 5) is 21.8. The number of carbonyl (C=O) groups is 1. The Morgan fingerprint density at radius 1 is 0.833 bits per heavy atom. The maximum Gasteiger partial charge on any atom is 0.246 e. The summed E-state index contributed by atoms with van der Waals surface area (Å²) in [5.74, 6) is 3.02. The Bertz CT molecular complexity index is 1970. The fourth-order valence-corrected chi connectivity index (χ4v) is 6.59. The standard InChI is InChI=1S/C45H48ClN3O4.ClH/c1-32(2)39-13-15-40(16-14-39)51-25-20-35-8-10-36(11-9-35)30-48-21-23-49(24-22-48)44(50)19-12-37-27-34(4)45(42(46)28-37)53-43-18-17-41(29-47-43)52-31-38-7-5-6-33(3)26-38;/h5-19,26-29,32H,20-25,30-31H2,1-4H3;1H/b19-12+;. The van der Waals surface area contributed by atoms with Crippen LogP contribution in [0.15, 0.2) is 109 Å². The van der Waals surface area contributed by atoms with Gasteiger partial charge in [0, 0.05) is 51.3 Å². The lowest BCUT2D eigenvalue weighted by Gasteiger charge is -2.34. The highest BCUT2D eigenvalue weighted by Gasteiger charge is 2.20. The first-order valence-corrected chi connectivity index (χ1v) is 18.7. The van der Waals surface area contributed by atoms with Crippen LogP contribution >= 0.6 is 24.0 Å². The first kappa shape index (κ1) is 40.4. The van der Waals surface area contributed by atoms with E-state index in [1.807, 2.05) is 42.2 Å². The quantitative estimate of drug-likeness (QED) is 0.105. The predicted molar refractivity (Wildman–Crippen MR) is 220 cm³/mol. The maximum absolute atomic E-state index is 13.1. The molecule has 0 saturated carbocycles. The minimum atomic E-state index is -0.00454. The molecule has 5 aromatic rings. The Balaban J connectivity index is 0.00000561. The molecule has 7 nitrogen and oxygen atoms in total. The van der Waals surface area contributed by atoms with E-state index in [2.05, 4.69) is 91.3 Å². The molecule has 6 rings (SSSR count). The van der Waals surface area contributed by atoms with Crippen molar-refractivity contribution in [2.24, 2.45) is 0 Å². The van der Waals surface area contributed by atoms with E-state index in [-0.39, 0.29) is 18.3 Å². The lowest BCUT2D eigenvalue weighted by molar-refractivity contribution is -0.127. The minimum Gasteiger partial charge on any atom is -0.493 e. The summed E-state index contributed by atoms with van der Waals surface area (Å²) in [5.41, 5.74) is 7.81. The largest absolute Gasteiger partial charge is 0.493 e. The smallest absolute Gasteiger partial charge is 0.246 e. The van der Waals surface area contributed by atoms with Crippen LogP contribution in [0.4, 0.5) is 0 Å². The Kier molecular flexibility index (Phi) is 14.6. The summed E-state index contributed by atoms with van der Waals surface area (Å²) in [5, 5.41) is 0.445. The molecule has 0 unspecified atom stereocenters. The zero-order valence-electron chi connectivity index (χ0n) is 31.5. The number of hydrogen-bond acceptors (Lipinski definition) is 6. The Morgan fingerprint density at radius 2 is 1.56 bits per heavy atom. The monoisotopic (exact) mass is 765 g/mol. The van der Waals surface area contributed by atoms with Gasteiger partial charge >= 0.3 is 0 Å². The van der Waals surface area contributed by atoms with E-state index in [0.717, 1.165) is 48.5 Å². The van der Waals surface area contributed by atoms with Crippen LogP contribution in [0.1, 0.15) is 58.7 Å². The molecule has 282 valence electrons. The Hall–Kier alpha value is -4.82. The van der Waals surface area contributed by atoms with Crippen LogP contribution in [0.2, 0.25) is 5.02 Å². The van der Waals surface area contributed by atoms with Crippen LogP contribution < -0.4 is 14.2 Å². The molecule has 1 amide bonds. The summed E-state index contributed by atoms with van der Waals surface area (Å²) in [6, 6.07) is 32.7. The van der Waals surface area contributed by atoms with E-state index in [4.69, 9.17) is 25.8 Å². The Labute approximate surface area is 331 Å². The predicted octanol–water partition coefficient (Wildman–Crippen LogP) is 10.2. The molecule has 1 saturated heterocycles. The van der Waals surface area contributed by atoms with Gasteiger partial charge in [0.15, 0.2) is 5.75 Å². The molecular formula is C45H49Cl2N3O4. The van der Waals surface area contributed by atoms with Crippen LogP contribution in [0, 0.1) is 13.8 Å². The van der Waals surface area contributed by atoms with Gasteiger partial charge in [-0.25, -0.2) is 4.98 Å². The second-order valence-electron chi connectivity index (χ2n) is 13.9. The fourth-order valence-electron chi connectivity index (χ4n) is 6.27. The first-order chi connectivity index (χ1) is 25.7. The fraction of sp³-hybridized carbons (Fsp3) is 0.289. The molecule has 4 aromatic carbocycles. The van der Waals surface area contributed by atoms with Crippen molar-refractivity contribution in [3.8, 4) is 23.1 Å². The van der Waals surface area contributed by atoms with Gasteiger partial charge in [-0.2, -0.15) is 0 Å². The molecule has 1 aliphatic rings. The van der Waals surface area contributed by atoms with Crippen LogP contribution in [0.5, 0.6) is 23.1 Å². The number of halogens is 2. The average molecular weight is 767 g/mol. The molecule has 0 bridgehead atoms. The van der Waals surface area contributed by atoms with Gasteiger partial charge in [-0.15, -0.1) is 12.4 Å². The van der Waals surface area contributed by atoms with Crippen molar-refractivity contribution in [2.75, 3.05) is 32.8 Å². The van der Waals surface area contributed by atoms with E-state index in [0.29, 0.717) is 54.6 Å². The molecule has 0 spiro atoms. The summed E-state index contributed by atoms with van der Waals surface area (Å²) in [6.07, 6.45) is 5.94. The number of aryl methyl sites for hydroxylation is 2. The van der Waals surface area contributed by atoms with E-state index in [1.165, 1.54) is 22.3 Å². The molecule has 0 atom stereocenters. The van der Waals surface area contributed by atoms with Crippen molar-refractivity contribution in [3.05, 3.63) is 153 Å². The van der Waals surface area contributed by atoms with Gasteiger partial charge in [-0.1, -0.05) is 91.7 Å². The van der Waals surface area contributed by atoms with E-state index in [9.17, 15) is 4.79 Å². The molecule has 0 aliphatic carbocycles. The van der Waals surface area contributed by atoms with Gasteiger partial charge in [-0.3, -0.25) is 9.69 Å². The topological polar surface area (TPSA) is 64.1 Å². The molecule has 54 heavy (non-hydrogen) atoms. The van der Waals surface area contributed by atoms with Crippen molar-refractivity contribution in [1.82, 2.24) is 14.8 Å². The third kappa shape index (κ3) is 11.6. The highest BCUT2D eigenvalue weighted by Crippen LogP contribution is 2.34. The van der Waals surface area contributed by atoms with Gasteiger partial charge in [0.2, 0.25) is 11.8 Å². The molecule has 1 fully saturated rings. The van der Waals surface area contributed by atoms with Crippen LogP contribution in [0.25, 0.3) is 6.08 Å². The van der Waals surface area contributed by atoms with Gasteiger partial charge in [0.05, 0.1) is 17.8 Å². The van der Waals surface area contributed by atoms with Crippen LogP contribution in [-0.4, -0.2) is 53.5 Å². The van der Waals surface area contributed by atoms with Crippen molar-refractivity contribution >= 4 is 36.0 Å². The summed E-state index contributed by atoms with van der Waals surface area (Å²) < 4.78 is 17.9. The number of amides is 1. The maximum atomic E-state index is 13.1. The molecular weight excluding hydrogens is 717 g/mol. The zero-order chi connectivity index (χ0) is 37.2. The number of aromatic nitrogens is 1. The van der Waals surface area contributed by atoms with Crippen molar-refractivity contribution in [3.63, 3.8) is 0 Å². The van der Waals surface area contributed by atoms with Crippen molar-refractivity contribution in [1.29, 1.82) is 0 Å². The van der Waals surface area contributed by atoms with Crippen LogP contribution in [0.3, 0.4) is 0 Å². The number of ether oxygens (including phenoxy) is 3. The number of piperazine rings is 1. The van der Waals surface area contributed by atoms with Gasteiger partial charge in [0.25, 0.3) is 0 Å². The second kappa shape index (κ2) is 19.5. The average Bonchev–Trinajstić information content (AvgIpc) is 3.16. The highest BCUT2D eigenvalue weighted by atomic mass is 35.5. The third-order valence-corrected chi connectivity index (χ3v) is 9.67. The number of nitrogens with zero attached hydrogens (tertiary/aromatic N) is 3. The minimum absolute atomic E-state index is 0. The second-order valence-corrected chi connectivity index (χ2v) is 14.3. The molecule has 2 heterocycles. The molecule has 9 heteroatoms. The molecule has 0 N–H and O–H groups in total. The first-order valence-electron chi connectivity index (χ1n) is 18.3. The van der Waals surface area contributed by atoms with Crippen LogP contribution in [-0.2, 0) is 24.4 Å². The zero-order valence-corrected chi connectivity index (χ0v) is 33.0. The van der Waals surface area contributed by atoms with Gasteiger partial charge in [0.1, 0.15) is 18.1 Å². The number of hydrogen-bond donors (Lipinski definition) is 0. The van der Waals surface area contributed by atoms with E-state index < -0.39 is 0 Å². The summed E-state index contributed by atoms with van der Waals surface area (Å²) >= 11 is 6.64. The molecule has 0 radical (unpaired) electrons. The number of pyridine rings is 1. The third-order valence-electron chi connectivity index (χ3n) is 9.39. The van der Waals surface area contributed by atoms with E-state index >= 15 is 0 Å². The number of carbonyl (C=O) groups excluding carboxylic acids is 1. The van der Waals surface area contributed by atoms with Crippen molar-refractivity contribution in [2.45, 2.75) is 53.2 Å². The summed E-state index contributed by atoms with van der Waals surface area (Å²) in [7, 11) is 0. The summed E-state index contributed by atoms with van der Waals surface area (Å²) in [6.45, 7) is 13.4.